The molecule has 2 rings (SSSR count). The first-order valence-corrected chi connectivity index (χ1v) is 9.84. The van der Waals surface area contributed by atoms with Gasteiger partial charge in [0.25, 0.3) is 0 Å². The van der Waals surface area contributed by atoms with Crippen molar-refractivity contribution in [2.75, 3.05) is 19.8 Å². The molecule has 0 saturated heterocycles. The van der Waals surface area contributed by atoms with Gasteiger partial charge in [0, 0.05) is 5.92 Å². The molecule has 0 radical (unpaired) electrons. The van der Waals surface area contributed by atoms with Crippen LogP contribution in [0.3, 0.4) is 0 Å². The van der Waals surface area contributed by atoms with Crippen molar-refractivity contribution in [3.8, 4) is 0 Å². The number of carbonyl (C=O) groups excluding carboxylic acids is 2. The van der Waals surface area contributed by atoms with E-state index < -0.39 is 59.7 Å². The number of ether oxygens (including phenoxy) is 3. The number of nitrogens with zero attached hydrogens (tertiary/aromatic N) is 1. The highest BCUT2D eigenvalue weighted by atomic mass is 19.4. The summed E-state index contributed by atoms with van der Waals surface area (Å²) in [6.07, 6.45) is -10.8. The van der Waals surface area contributed by atoms with E-state index in [1.807, 2.05) is 0 Å². The zero-order valence-electron chi connectivity index (χ0n) is 17.6. The van der Waals surface area contributed by atoms with Gasteiger partial charge in [-0.15, -0.1) is 0 Å². The number of aliphatic imine (C=N–C) groups is 1. The molecule has 1 heterocycles. The normalized spacial score (nSPS) is 19.2. The van der Waals surface area contributed by atoms with Gasteiger partial charge in [-0.1, -0.05) is 30.3 Å². The van der Waals surface area contributed by atoms with E-state index in [0.717, 1.165) is 0 Å². The zero-order chi connectivity index (χ0) is 24.8. The highest BCUT2D eigenvalue weighted by Crippen LogP contribution is 2.43. The number of alkyl halides is 6. The summed E-state index contributed by atoms with van der Waals surface area (Å²) in [7, 11) is 0. The van der Waals surface area contributed by atoms with Gasteiger partial charge in [0.15, 0.2) is 5.70 Å². The molecule has 0 amide bonds. The summed E-state index contributed by atoms with van der Waals surface area (Å²) in [5.74, 6) is -7.38. The molecule has 33 heavy (non-hydrogen) atoms. The third-order valence-corrected chi connectivity index (χ3v) is 4.56. The molecular weight excluding hydrogens is 460 g/mol. The molecule has 1 aliphatic rings. The number of hydrogen-bond acceptors (Lipinski definition) is 6. The fourth-order valence-corrected chi connectivity index (χ4v) is 3.26. The smallest absolute Gasteiger partial charge is 0.433 e. The van der Waals surface area contributed by atoms with Crippen LogP contribution >= 0.6 is 0 Å². The second kappa shape index (κ2) is 10.8. The first-order valence-electron chi connectivity index (χ1n) is 9.84. The molecule has 1 aromatic rings. The van der Waals surface area contributed by atoms with Crippen LogP contribution in [0.5, 0.6) is 0 Å². The summed E-state index contributed by atoms with van der Waals surface area (Å²) in [4.78, 5) is 27.6. The topological polar surface area (TPSA) is 74.2 Å². The van der Waals surface area contributed by atoms with Crippen molar-refractivity contribution in [1.29, 1.82) is 0 Å². The molecule has 12 heteroatoms. The Morgan fingerprint density at radius 3 is 2.06 bits per heavy atom. The average Bonchev–Trinajstić information content (AvgIpc) is 2.72. The molecular formula is C21H21F6NO5. The second-order valence-electron chi connectivity index (χ2n) is 6.81. The summed E-state index contributed by atoms with van der Waals surface area (Å²) in [6, 6.07) is 8.25. The lowest BCUT2D eigenvalue weighted by Crippen LogP contribution is -2.47. The first kappa shape index (κ1) is 26.4. The van der Waals surface area contributed by atoms with Crippen LogP contribution in [0, 0.1) is 11.8 Å². The average molecular weight is 481 g/mol. The number of hydrogen-bond donors (Lipinski definition) is 0. The fourth-order valence-electron chi connectivity index (χ4n) is 3.26. The van der Waals surface area contributed by atoms with Gasteiger partial charge >= 0.3 is 24.3 Å². The van der Waals surface area contributed by atoms with E-state index in [1.165, 1.54) is 13.8 Å². The van der Waals surface area contributed by atoms with Crippen LogP contribution in [-0.2, 0) is 30.4 Å². The van der Waals surface area contributed by atoms with Crippen LogP contribution < -0.4 is 0 Å². The Bertz CT molecular complexity index is 908. The van der Waals surface area contributed by atoms with Crippen LogP contribution in [0.15, 0.2) is 46.6 Å². The Labute approximate surface area is 185 Å². The van der Waals surface area contributed by atoms with Crippen LogP contribution in [0.25, 0.3) is 0 Å². The minimum Gasteiger partial charge on any atom is -0.465 e. The quantitative estimate of drug-likeness (QED) is 0.407. The molecule has 0 spiro atoms. The van der Waals surface area contributed by atoms with Crippen molar-refractivity contribution in [3.63, 3.8) is 0 Å². The van der Waals surface area contributed by atoms with Crippen LogP contribution in [-0.4, -0.2) is 49.8 Å². The zero-order valence-corrected chi connectivity index (χ0v) is 17.6. The number of allylic oxidation sites excluding steroid dienone is 1. The standard InChI is InChI=1S/C21H21F6NO5/c1-3-32-18(29)14-13(11-31-10-12-8-6-5-7-9-12)15(19(30)33-4-2)17(21(25,26)27)28-16(14)20(22,23)24/h5-9,13-14H,3-4,10-11H2,1-2H3. The molecule has 0 saturated carbocycles. The van der Waals surface area contributed by atoms with Crippen molar-refractivity contribution >= 4 is 17.7 Å². The van der Waals surface area contributed by atoms with Gasteiger partial charge in [-0.05, 0) is 19.4 Å². The number of rotatable bonds is 8. The molecule has 0 aliphatic carbocycles. The lowest BCUT2D eigenvalue weighted by Gasteiger charge is -2.33. The van der Waals surface area contributed by atoms with E-state index >= 15 is 0 Å². The summed E-state index contributed by atoms with van der Waals surface area (Å²) >= 11 is 0. The maximum atomic E-state index is 13.7. The molecule has 6 nitrogen and oxygen atoms in total. The molecule has 182 valence electrons. The summed E-state index contributed by atoms with van der Waals surface area (Å²) < 4.78 is 96.9. The molecule has 1 aromatic carbocycles. The summed E-state index contributed by atoms with van der Waals surface area (Å²) in [5.41, 5.74) is -4.75. The Kier molecular flexibility index (Phi) is 8.64. The predicted octanol–water partition coefficient (Wildman–Crippen LogP) is 4.40. The van der Waals surface area contributed by atoms with Gasteiger partial charge in [-0.3, -0.25) is 4.79 Å². The number of carbonyl (C=O) groups is 2. The van der Waals surface area contributed by atoms with Crippen molar-refractivity contribution < 1.29 is 50.1 Å². The van der Waals surface area contributed by atoms with Crippen LogP contribution in [0.1, 0.15) is 19.4 Å². The molecule has 0 aromatic heterocycles. The monoisotopic (exact) mass is 481 g/mol. The van der Waals surface area contributed by atoms with Gasteiger partial charge in [0.2, 0.25) is 0 Å². The molecule has 0 bridgehead atoms. The Balaban J connectivity index is 2.62. The van der Waals surface area contributed by atoms with E-state index in [2.05, 4.69) is 14.5 Å². The van der Waals surface area contributed by atoms with Gasteiger partial charge in [-0.25, -0.2) is 9.79 Å². The van der Waals surface area contributed by atoms with Crippen LogP contribution in [0.2, 0.25) is 0 Å². The summed E-state index contributed by atoms with van der Waals surface area (Å²) in [5, 5.41) is 0. The van der Waals surface area contributed by atoms with E-state index in [-0.39, 0.29) is 19.8 Å². The van der Waals surface area contributed by atoms with E-state index in [0.29, 0.717) is 5.56 Å². The summed E-state index contributed by atoms with van der Waals surface area (Å²) in [6.45, 7) is 0.898. The second-order valence-corrected chi connectivity index (χ2v) is 6.81. The van der Waals surface area contributed by atoms with Crippen LogP contribution in [0.4, 0.5) is 26.3 Å². The number of halogens is 6. The maximum Gasteiger partial charge on any atom is 0.433 e. The van der Waals surface area contributed by atoms with Gasteiger partial charge < -0.3 is 14.2 Å². The molecule has 0 fully saturated rings. The molecule has 2 unspecified atom stereocenters. The molecule has 2 atom stereocenters. The Hall–Kier alpha value is -2.89. The number of benzene rings is 1. The minimum atomic E-state index is -5.43. The highest BCUT2D eigenvalue weighted by molar-refractivity contribution is 6.09. The van der Waals surface area contributed by atoms with Gasteiger partial charge in [0.05, 0.1) is 32.0 Å². The fraction of sp³-hybridized carbons (Fsp3) is 0.476. The molecule has 0 N–H and O–H groups in total. The predicted molar refractivity (Wildman–Crippen MR) is 103 cm³/mol. The van der Waals surface area contributed by atoms with Gasteiger partial charge in [-0.2, -0.15) is 26.3 Å². The Morgan fingerprint density at radius 2 is 1.55 bits per heavy atom. The Morgan fingerprint density at radius 1 is 0.939 bits per heavy atom. The van der Waals surface area contributed by atoms with Crippen molar-refractivity contribution in [2.24, 2.45) is 16.8 Å². The van der Waals surface area contributed by atoms with E-state index in [9.17, 15) is 35.9 Å². The van der Waals surface area contributed by atoms with Gasteiger partial charge in [0.1, 0.15) is 11.6 Å². The van der Waals surface area contributed by atoms with Crippen molar-refractivity contribution in [2.45, 2.75) is 32.8 Å². The SMILES string of the molecule is CCOC(=O)C1=C(C(F)(F)F)N=C(C(F)(F)F)C(C(=O)OCC)C1COCc1ccccc1. The third-order valence-electron chi connectivity index (χ3n) is 4.56. The maximum absolute atomic E-state index is 13.7. The van der Waals surface area contributed by atoms with E-state index in [1.54, 1.807) is 30.3 Å². The largest absolute Gasteiger partial charge is 0.465 e. The van der Waals surface area contributed by atoms with Crippen molar-refractivity contribution in [3.05, 3.63) is 47.2 Å². The van der Waals surface area contributed by atoms with E-state index in [4.69, 9.17) is 4.74 Å². The first-order chi connectivity index (χ1) is 15.4. The molecule has 1 aliphatic heterocycles. The third kappa shape index (κ3) is 6.56. The lowest BCUT2D eigenvalue weighted by atomic mass is 9.79. The van der Waals surface area contributed by atoms with Crippen molar-refractivity contribution in [1.82, 2.24) is 0 Å². The highest BCUT2D eigenvalue weighted by Gasteiger charge is 2.56. The lowest BCUT2D eigenvalue weighted by molar-refractivity contribution is -0.151. The minimum absolute atomic E-state index is 0.192. The number of esters is 2.